The average molecular weight is 221 g/mol. The van der Waals surface area contributed by atoms with E-state index in [-0.39, 0.29) is 5.91 Å². The topological polar surface area (TPSA) is 90.8 Å². The molecule has 0 saturated carbocycles. The van der Waals surface area contributed by atoms with Gasteiger partial charge >= 0.3 is 0 Å². The lowest BCUT2D eigenvalue weighted by atomic mass is 10.2. The number of nitrogens with zero attached hydrogens (tertiary/aromatic N) is 1. The van der Waals surface area contributed by atoms with Crippen LogP contribution in [-0.2, 0) is 9.59 Å². The fourth-order valence-corrected chi connectivity index (χ4v) is 1.07. The van der Waals surface area contributed by atoms with Crippen LogP contribution in [0.5, 0.6) is 0 Å². The molecule has 0 aliphatic heterocycles. The predicted octanol–water partition coefficient (Wildman–Crippen LogP) is 1.04. The zero-order valence-electron chi connectivity index (χ0n) is 8.60. The maximum atomic E-state index is 11.0. The van der Waals surface area contributed by atoms with E-state index in [2.05, 4.69) is 15.8 Å². The summed E-state index contributed by atoms with van der Waals surface area (Å²) in [6.07, 6.45) is 0.752. The number of hydrogen-bond donors (Lipinski definition) is 3. The quantitative estimate of drug-likeness (QED) is 0.404. The van der Waals surface area contributed by atoms with Gasteiger partial charge in [-0.25, -0.2) is 0 Å². The molecule has 1 aromatic carbocycles. The van der Waals surface area contributed by atoms with Gasteiger partial charge in [-0.3, -0.25) is 9.59 Å². The van der Waals surface area contributed by atoms with Crippen molar-refractivity contribution in [3.63, 3.8) is 0 Å². The molecule has 3 N–H and O–H groups in total. The highest BCUT2D eigenvalue weighted by atomic mass is 16.4. The summed E-state index contributed by atoms with van der Waals surface area (Å²) in [6.45, 7) is 1.41. The summed E-state index contributed by atoms with van der Waals surface area (Å²) in [5.74, 6) is -0.695. The Bertz CT molecular complexity index is 412. The van der Waals surface area contributed by atoms with Gasteiger partial charge in [0.05, 0.1) is 0 Å². The van der Waals surface area contributed by atoms with E-state index in [1.54, 1.807) is 24.3 Å². The third-order valence-corrected chi connectivity index (χ3v) is 1.65. The third kappa shape index (κ3) is 3.79. The molecule has 0 spiro atoms. The zero-order chi connectivity index (χ0) is 12.0. The lowest BCUT2D eigenvalue weighted by Gasteiger charge is -2.04. The van der Waals surface area contributed by atoms with Crippen LogP contribution in [0.3, 0.4) is 0 Å². The number of carbonyl (C=O) groups is 2. The van der Waals surface area contributed by atoms with Crippen LogP contribution >= 0.6 is 0 Å². The molecule has 2 amide bonds. The average Bonchev–Trinajstić information content (AvgIpc) is 2.20. The number of benzene rings is 1. The first-order chi connectivity index (χ1) is 7.61. The van der Waals surface area contributed by atoms with Gasteiger partial charge in [0.15, 0.2) is 0 Å². The number of hydrogen-bond acceptors (Lipinski definition) is 4. The molecule has 0 heterocycles. The molecule has 16 heavy (non-hydrogen) atoms. The first kappa shape index (κ1) is 11.7. The second kappa shape index (κ2) is 5.50. The van der Waals surface area contributed by atoms with Gasteiger partial charge < -0.3 is 15.8 Å². The molecule has 0 saturated heterocycles. The van der Waals surface area contributed by atoms with Crippen LogP contribution in [-0.4, -0.2) is 23.2 Å². The van der Waals surface area contributed by atoms with E-state index in [0.717, 1.165) is 6.21 Å². The first-order valence-electron chi connectivity index (χ1n) is 4.48. The van der Waals surface area contributed by atoms with Gasteiger partial charge in [0.25, 0.3) is 5.91 Å². The second-order valence-corrected chi connectivity index (χ2v) is 2.99. The van der Waals surface area contributed by atoms with E-state index < -0.39 is 5.91 Å². The molecule has 0 aromatic heterocycles. The molecule has 0 bridgehead atoms. The highest BCUT2D eigenvalue weighted by molar-refractivity contribution is 6.31. The summed E-state index contributed by atoms with van der Waals surface area (Å²) in [6, 6.07) is 6.53. The van der Waals surface area contributed by atoms with Crippen molar-refractivity contribution in [2.75, 3.05) is 10.6 Å². The summed E-state index contributed by atoms with van der Waals surface area (Å²) < 4.78 is 0. The number of nitrogens with one attached hydrogen (secondary N) is 2. The maximum Gasteiger partial charge on any atom is 0.270 e. The predicted molar refractivity (Wildman–Crippen MR) is 59.7 cm³/mol. The lowest BCUT2D eigenvalue weighted by Crippen LogP contribution is -2.12. The van der Waals surface area contributed by atoms with E-state index in [1.165, 1.54) is 6.92 Å². The first-order valence-corrected chi connectivity index (χ1v) is 4.48. The van der Waals surface area contributed by atoms with Crippen LogP contribution < -0.4 is 10.6 Å². The molecule has 1 rings (SSSR count). The highest BCUT2D eigenvalue weighted by Gasteiger charge is 1.99. The normalized spacial score (nSPS) is 10.1. The lowest BCUT2D eigenvalue weighted by molar-refractivity contribution is -0.114. The van der Waals surface area contributed by atoms with Crippen molar-refractivity contribution in [2.45, 2.75) is 6.92 Å². The molecule has 0 radical (unpaired) electrons. The molecule has 6 nitrogen and oxygen atoms in total. The van der Waals surface area contributed by atoms with Crippen molar-refractivity contribution in [1.82, 2.24) is 0 Å². The zero-order valence-corrected chi connectivity index (χ0v) is 8.60. The fraction of sp³-hybridized carbons (Fsp3) is 0.100. The molecule has 84 valence electrons. The van der Waals surface area contributed by atoms with E-state index in [4.69, 9.17) is 5.21 Å². The minimum atomic E-state index is -0.533. The van der Waals surface area contributed by atoms with Gasteiger partial charge in [-0.15, -0.1) is 0 Å². The Labute approximate surface area is 92.0 Å². The number of anilines is 2. The van der Waals surface area contributed by atoms with Crippen LogP contribution in [0.15, 0.2) is 29.4 Å². The van der Waals surface area contributed by atoms with Gasteiger partial charge in [-0.1, -0.05) is 5.16 Å². The van der Waals surface area contributed by atoms with E-state index >= 15 is 0 Å². The van der Waals surface area contributed by atoms with Gasteiger partial charge in [0, 0.05) is 18.3 Å². The Morgan fingerprint density at radius 2 is 1.69 bits per heavy atom. The van der Waals surface area contributed by atoms with Crippen LogP contribution in [0.1, 0.15) is 6.92 Å². The molecule has 6 heteroatoms. The summed E-state index contributed by atoms with van der Waals surface area (Å²) in [5.41, 5.74) is 1.18. The summed E-state index contributed by atoms with van der Waals surface area (Å²) in [5, 5.41) is 15.8. The number of carbonyl (C=O) groups excluding carboxylic acids is 2. The molecule has 0 fully saturated rings. The molecular weight excluding hydrogens is 210 g/mol. The summed E-state index contributed by atoms with van der Waals surface area (Å²) in [7, 11) is 0. The molecular formula is C10H11N3O3. The number of rotatable bonds is 3. The van der Waals surface area contributed by atoms with Crippen molar-refractivity contribution < 1.29 is 14.8 Å². The minimum Gasteiger partial charge on any atom is -0.411 e. The summed E-state index contributed by atoms with van der Waals surface area (Å²) in [4.78, 5) is 21.7. The molecule has 0 atom stereocenters. The molecule has 1 aromatic rings. The van der Waals surface area contributed by atoms with Gasteiger partial charge in [0.2, 0.25) is 5.91 Å². The molecule has 0 aliphatic carbocycles. The maximum absolute atomic E-state index is 11.0. The Hall–Kier alpha value is -2.37. The Kier molecular flexibility index (Phi) is 4.02. The van der Waals surface area contributed by atoms with Crippen molar-refractivity contribution in [3.8, 4) is 0 Å². The number of amides is 2. The highest BCUT2D eigenvalue weighted by Crippen LogP contribution is 2.12. The van der Waals surface area contributed by atoms with E-state index in [9.17, 15) is 9.59 Å². The van der Waals surface area contributed by atoms with Crippen LogP contribution in [0.25, 0.3) is 0 Å². The van der Waals surface area contributed by atoms with Crippen molar-refractivity contribution >= 4 is 29.4 Å². The van der Waals surface area contributed by atoms with E-state index in [1.807, 2.05) is 0 Å². The van der Waals surface area contributed by atoms with Gasteiger partial charge in [0.1, 0.15) is 6.21 Å². The van der Waals surface area contributed by atoms with Gasteiger partial charge in [-0.2, -0.15) is 0 Å². The van der Waals surface area contributed by atoms with Gasteiger partial charge in [-0.05, 0) is 24.3 Å². The number of oxime groups is 1. The minimum absolute atomic E-state index is 0.163. The monoisotopic (exact) mass is 221 g/mol. The van der Waals surface area contributed by atoms with Crippen LogP contribution in [0.4, 0.5) is 11.4 Å². The Morgan fingerprint density at radius 1 is 1.19 bits per heavy atom. The van der Waals surface area contributed by atoms with Crippen molar-refractivity contribution in [1.29, 1.82) is 0 Å². The SMILES string of the molecule is CC(=O)Nc1ccc(NC(=O)/C=N\O)cc1. The largest absolute Gasteiger partial charge is 0.411 e. The van der Waals surface area contributed by atoms with Crippen molar-refractivity contribution in [3.05, 3.63) is 24.3 Å². The molecule has 0 unspecified atom stereocenters. The van der Waals surface area contributed by atoms with Crippen LogP contribution in [0.2, 0.25) is 0 Å². The van der Waals surface area contributed by atoms with E-state index in [0.29, 0.717) is 11.4 Å². The fourth-order valence-electron chi connectivity index (χ4n) is 1.07. The Morgan fingerprint density at radius 3 is 2.12 bits per heavy atom. The molecule has 0 aliphatic rings. The summed E-state index contributed by atoms with van der Waals surface area (Å²) >= 11 is 0. The van der Waals surface area contributed by atoms with Crippen LogP contribution in [0, 0.1) is 0 Å². The Balaban J connectivity index is 2.64. The third-order valence-electron chi connectivity index (χ3n) is 1.65. The second-order valence-electron chi connectivity index (χ2n) is 2.99. The smallest absolute Gasteiger partial charge is 0.270 e. The standard InChI is InChI=1S/C10H11N3O3/c1-7(14)12-8-2-4-9(5-3-8)13-10(15)6-11-16/h2-6,16H,1H3,(H,12,14)(H,13,15)/b11-6-. The van der Waals surface area contributed by atoms with Crippen molar-refractivity contribution in [2.24, 2.45) is 5.16 Å².